The summed E-state index contributed by atoms with van der Waals surface area (Å²) in [5.74, 6) is 0. The van der Waals surface area contributed by atoms with E-state index in [1.165, 1.54) is 4.31 Å². The summed E-state index contributed by atoms with van der Waals surface area (Å²) in [5.41, 5.74) is 0. The Morgan fingerprint density at radius 3 is 2.33 bits per heavy atom. The molecule has 0 amide bonds. The fourth-order valence-electron chi connectivity index (χ4n) is 2.85. The third-order valence-corrected chi connectivity index (χ3v) is 5.97. The number of nitrogens with zero attached hydrogens (tertiary/aromatic N) is 3. The van der Waals surface area contributed by atoms with Crippen LogP contribution >= 0.6 is 0 Å². The van der Waals surface area contributed by atoms with Crippen LogP contribution in [0.25, 0.3) is 0 Å². The molecule has 0 spiro atoms. The van der Waals surface area contributed by atoms with Gasteiger partial charge in [0.15, 0.2) is 0 Å². The van der Waals surface area contributed by atoms with E-state index in [9.17, 15) is 8.42 Å². The van der Waals surface area contributed by atoms with E-state index in [2.05, 4.69) is 10.2 Å². The molecule has 2 rings (SSSR count). The van der Waals surface area contributed by atoms with E-state index < -0.39 is 10.2 Å². The van der Waals surface area contributed by atoms with Crippen molar-refractivity contribution in [1.29, 1.82) is 0 Å². The van der Waals surface area contributed by atoms with Crippen LogP contribution in [0, 0.1) is 0 Å². The van der Waals surface area contributed by atoms with Crippen LogP contribution < -0.4 is 5.32 Å². The van der Waals surface area contributed by atoms with E-state index in [4.69, 9.17) is 4.74 Å². The number of hydrogen-bond acceptors (Lipinski definition) is 5. The largest absolute Gasteiger partial charge is 0.373 e. The molecule has 1 N–H and O–H groups in total. The highest BCUT2D eigenvalue weighted by Gasteiger charge is 2.33. The molecule has 21 heavy (non-hydrogen) atoms. The van der Waals surface area contributed by atoms with Gasteiger partial charge in [0.25, 0.3) is 10.2 Å². The lowest BCUT2D eigenvalue weighted by atomic mass is 10.3. The highest BCUT2D eigenvalue weighted by molar-refractivity contribution is 7.86. The molecule has 8 heteroatoms. The van der Waals surface area contributed by atoms with Crippen LogP contribution in [-0.4, -0.2) is 93.5 Å². The van der Waals surface area contributed by atoms with Crippen molar-refractivity contribution in [2.45, 2.75) is 26.1 Å². The van der Waals surface area contributed by atoms with Gasteiger partial charge in [-0.25, -0.2) is 0 Å². The molecule has 0 aromatic rings. The van der Waals surface area contributed by atoms with Crippen molar-refractivity contribution in [3.8, 4) is 0 Å². The predicted molar refractivity (Wildman–Crippen MR) is 82.4 cm³/mol. The molecule has 2 saturated heterocycles. The van der Waals surface area contributed by atoms with Crippen molar-refractivity contribution in [3.63, 3.8) is 0 Å². The number of ether oxygens (including phenoxy) is 1. The van der Waals surface area contributed by atoms with Crippen LogP contribution in [0.2, 0.25) is 0 Å². The van der Waals surface area contributed by atoms with Crippen molar-refractivity contribution >= 4 is 10.2 Å². The van der Waals surface area contributed by atoms with Gasteiger partial charge in [-0.2, -0.15) is 17.0 Å². The maximum atomic E-state index is 12.6. The van der Waals surface area contributed by atoms with E-state index in [0.717, 1.165) is 32.7 Å². The van der Waals surface area contributed by atoms with Crippen molar-refractivity contribution in [2.24, 2.45) is 0 Å². The van der Waals surface area contributed by atoms with Gasteiger partial charge in [-0.15, -0.1) is 0 Å². The van der Waals surface area contributed by atoms with Gasteiger partial charge in [-0.1, -0.05) is 0 Å². The molecule has 2 unspecified atom stereocenters. The van der Waals surface area contributed by atoms with Crippen molar-refractivity contribution in [3.05, 3.63) is 0 Å². The summed E-state index contributed by atoms with van der Waals surface area (Å²) in [6, 6.07) is 0. The van der Waals surface area contributed by atoms with E-state index >= 15 is 0 Å². The SMILES string of the molecule is CC1CN(S(=O)(=O)N(C)CCN2CCNCC2)CC(C)O1. The molecule has 2 aliphatic rings. The molecule has 2 atom stereocenters. The van der Waals surface area contributed by atoms with Gasteiger partial charge in [0.05, 0.1) is 12.2 Å². The number of rotatable bonds is 5. The first-order valence-electron chi connectivity index (χ1n) is 7.69. The Kier molecular flexibility index (Phi) is 5.98. The smallest absolute Gasteiger partial charge is 0.281 e. The van der Waals surface area contributed by atoms with E-state index in [0.29, 0.717) is 19.6 Å². The zero-order valence-electron chi connectivity index (χ0n) is 13.3. The number of morpholine rings is 1. The molecule has 0 bridgehead atoms. The molecule has 0 aliphatic carbocycles. The normalized spacial score (nSPS) is 29.9. The second-order valence-electron chi connectivity index (χ2n) is 6.00. The van der Waals surface area contributed by atoms with Gasteiger partial charge >= 0.3 is 0 Å². The molecule has 0 aromatic carbocycles. The van der Waals surface area contributed by atoms with Gasteiger partial charge < -0.3 is 10.1 Å². The minimum Gasteiger partial charge on any atom is -0.373 e. The average molecular weight is 320 g/mol. The maximum absolute atomic E-state index is 12.6. The Labute approximate surface area is 128 Å². The summed E-state index contributed by atoms with van der Waals surface area (Å²) < 4.78 is 33.9. The Balaban J connectivity index is 1.88. The van der Waals surface area contributed by atoms with Crippen LogP contribution in [0.5, 0.6) is 0 Å². The fourth-order valence-corrected chi connectivity index (χ4v) is 4.35. The van der Waals surface area contributed by atoms with E-state index in [1.807, 2.05) is 13.8 Å². The van der Waals surface area contributed by atoms with Gasteiger partial charge in [-0.3, -0.25) is 4.90 Å². The number of likely N-dealkylation sites (N-methyl/N-ethyl adjacent to an activating group) is 1. The van der Waals surface area contributed by atoms with Gasteiger partial charge in [0.2, 0.25) is 0 Å². The number of piperazine rings is 1. The Hall–Kier alpha value is -0.250. The fraction of sp³-hybridized carbons (Fsp3) is 1.00. The standard InChI is InChI=1S/C13H28N4O3S/c1-12-10-17(11-13(2)20-12)21(18,19)15(3)8-9-16-6-4-14-5-7-16/h12-14H,4-11H2,1-3H3. The molecule has 2 aliphatic heterocycles. The second kappa shape index (κ2) is 7.34. The maximum Gasteiger partial charge on any atom is 0.281 e. The third kappa shape index (κ3) is 4.61. The molecule has 2 heterocycles. The molecule has 2 fully saturated rings. The monoisotopic (exact) mass is 320 g/mol. The summed E-state index contributed by atoms with van der Waals surface area (Å²) in [4.78, 5) is 2.30. The van der Waals surface area contributed by atoms with Crippen molar-refractivity contribution < 1.29 is 13.2 Å². The zero-order chi connectivity index (χ0) is 15.5. The van der Waals surface area contributed by atoms with E-state index in [1.54, 1.807) is 11.4 Å². The van der Waals surface area contributed by atoms with Crippen molar-refractivity contribution in [1.82, 2.24) is 18.8 Å². The summed E-state index contributed by atoms with van der Waals surface area (Å²) in [7, 11) is -1.72. The third-order valence-electron chi connectivity index (χ3n) is 4.05. The molecular formula is C13H28N4O3S. The molecule has 124 valence electrons. The lowest BCUT2D eigenvalue weighted by Crippen LogP contribution is -2.53. The second-order valence-corrected chi connectivity index (χ2v) is 8.03. The molecular weight excluding hydrogens is 292 g/mol. The first-order valence-corrected chi connectivity index (χ1v) is 9.09. The average Bonchev–Trinajstić information content (AvgIpc) is 2.44. The topological polar surface area (TPSA) is 65.1 Å². The lowest BCUT2D eigenvalue weighted by molar-refractivity contribution is -0.0453. The van der Waals surface area contributed by atoms with Crippen LogP contribution in [0.1, 0.15) is 13.8 Å². The lowest BCUT2D eigenvalue weighted by Gasteiger charge is -2.37. The van der Waals surface area contributed by atoms with E-state index in [-0.39, 0.29) is 12.2 Å². The molecule has 0 radical (unpaired) electrons. The first kappa shape index (κ1) is 17.1. The van der Waals surface area contributed by atoms with Crippen LogP contribution in [0.15, 0.2) is 0 Å². The summed E-state index contributed by atoms with van der Waals surface area (Å²) in [6.45, 7) is 9.95. The Morgan fingerprint density at radius 1 is 1.19 bits per heavy atom. The number of hydrogen-bond donors (Lipinski definition) is 1. The van der Waals surface area contributed by atoms with Crippen LogP contribution in [-0.2, 0) is 14.9 Å². The Bertz CT molecular complexity index is 415. The Morgan fingerprint density at radius 2 is 1.76 bits per heavy atom. The van der Waals surface area contributed by atoms with Gasteiger partial charge in [0.1, 0.15) is 0 Å². The highest BCUT2D eigenvalue weighted by atomic mass is 32.2. The molecule has 0 saturated carbocycles. The molecule has 0 aromatic heterocycles. The number of nitrogens with one attached hydrogen (secondary N) is 1. The van der Waals surface area contributed by atoms with Crippen LogP contribution in [0.3, 0.4) is 0 Å². The van der Waals surface area contributed by atoms with Gasteiger partial charge in [-0.05, 0) is 13.8 Å². The van der Waals surface area contributed by atoms with Gasteiger partial charge in [0, 0.05) is 59.4 Å². The zero-order valence-corrected chi connectivity index (χ0v) is 14.1. The highest BCUT2D eigenvalue weighted by Crippen LogP contribution is 2.16. The summed E-state index contributed by atoms with van der Waals surface area (Å²) in [5, 5.41) is 3.30. The minimum absolute atomic E-state index is 0.0508. The summed E-state index contributed by atoms with van der Waals surface area (Å²) in [6.07, 6.45) is -0.102. The van der Waals surface area contributed by atoms with Crippen LogP contribution in [0.4, 0.5) is 0 Å². The predicted octanol–water partition coefficient (Wildman–Crippen LogP) is -0.823. The minimum atomic E-state index is -3.38. The quantitative estimate of drug-likeness (QED) is 0.717. The summed E-state index contributed by atoms with van der Waals surface area (Å²) >= 11 is 0. The van der Waals surface area contributed by atoms with Crippen molar-refractivity contribution in [2.75, 3.05) is 59.4 Å². The molecule has 7 nitrogen and oxygen atoms in total. The first-order chi connectivity index (χ1) is 9.89.